The first-order valence-electron chi connectivity index (χ1n) is 11.1. The van der Waals surface area contributed by atoms with Crippen molar-refractivity contribution in [3.05, 3.63) is 123 Å². The number of nitrogens with zero attached hydrogens (tertiary/aromatic N) is 1. The zero-order valence-electron chi connectivity index (χ0n) is 19.3. The smallest absolute Gasteiger partial charge is 0.264 e. The van der Waals surface area contributed by atoms with E-state index >= 15 is 0 Å². The van der Waals surface area contributed by atoms with Crippen LogP contribution in [0.4, 0.5) is 4.39 Å². The Morgan fingerprint density at radius 3 is 2.32 bits per heavy atom. The van der Waals surface area contributed by atoms with Crippen LogP contribution in [-0.2, 0) is 34.3 Å². The number of nitrogens with one attached hydrogen (secondary N) is 1. The van der Waals surface area contributed by atoms with Crippen LogP contribution in [0.25, 0.3) is 0 Å². The lowest BCUT2D eigenvalue weighted by atomic mass is 10.1. The number of carbonyl (C=O) groups excluding carboxylic acids is 1. The zero-order chi connectivity index (χ0) is 26.4. The zero-order valence-corrected chi connectivity index (χ0v) is 21.7. The summed E-state index contributed by atoms with van der Waals surface area (Å²) in [5, 5.41) is 0.785. The van der Waals surface area contributed by atoms with Gasteiger partial charge in [0.25, 0.3) is 10.0 Å². The van der Waals surface area contributed by atoms with E-state index in [-0.39, 0.29) is 17.9 Å². The van der Waals surface area contributed by atoms with Gasteiger partial charge in [0.05, 0.1) is 17.0 Å². The Balaban J connectivity index is 1.46. The second-order valence-corrected chi connectivity index (χ2v) is 10.6. The van der Waals surface area contributed by atoms with Gasteiger partial charge in [0.2, 0.25) is 5.91 Å². The summed E-state index contributed by atoms with van der Waals surface area (Å²) in [6, 6.07) is 22.2. The van der Waals surface area contributed by atoms with Gasteiger partial charge in [-0.2, -0.15) is 0 Å². The third-order valence-corrected chi connectivity index (χ3v) is 7.16. The number of carbonyl (C=O) groups is 1. The Kier molecular flexibility index (Phi) is 8.43. The van der Waals surface area contributed by atoms with Crippen LogP contribution in [-0.4, -0.2) is 19.3 Å². The number of ether oxygens (including phenoxy) is 1. The van der Waals surface area contributed by atoms with Gasteiger partial charge in [-0.25, -0.2) is 17.5 Å². The molecule has 1 heterocycles. The third kappa shape index (κ3) is 7.29. The largest absolute Gasteiger partial charge is 0.489 e. The molecule has 0 radical (unpaired) electrons. The monoisotopic (exact) mass is 558 g/mol. The van der Waals surface area contributed by atoms with Crippen molar-refractivity contribution < 1.29 is 22.3 Å². The number of amides is 1. The molecular weight excluding hydrogens is 538 g/mol. The lowest BCUT2D eigenvalue weighted by Gasteiger charge is -2.13. The highest BCUT2D eigenvalue weighted by molar-refractivity contribution is 7.90. The number of hydrogen-bond acceptors (Lipinski definition) is 5. The molecule has 190 valence electrons. The maximum Gasteiger partial charge on any atom is 0.264 e. The minimum Gasteiger partial charge on any atom is -0.489 e. The lowest BCUT2D eigenvalue weighted by Crippen LogP contribution is -2.32. The van der Waals surface area contributed by atoms with Crippen LogP contribution in [0.3, 0.4) is 0 Å². The summed E-state index contributed by atoms with van der Waals surface area (Å²) in [6.07, 6.45) is 0.0887. The molecule has 4 aromatic rings. The number of pyridine rings is 1. The van der Waals surface area contributed by atoms with Crippen molar-refractivity contribution in [2.45, 2.75) is 24.3 Å². The van der Waals surface area contributed by atoms with Crippen LogP contribution >= 0.6 is 23.2 Å². The number of benzene rings is 3. The van der Waals surface area contributed by atoms with Crippen LogP contribution in [0.1, 0.15) is 22.5 Å². The first-order chi connectivity index (χ1) is 17.7. The van der Waals surface area contributed by atoms with E-state index in [9.17, 15) is 17.6 Å². The van der Waals surface area contributed by atoms with E-state index in [1.807, 2.05) is 0 Å². The van der Waals surface area contributed by atoms with Crippen molar-refractivity contribution in [1.82, 2.24) is 9.71 Å². The average molecular weight is 559 g/mol. The second kappa shape index (κ2) is 11.7. The lowest BCUT2D eigenvalue weighted by molar-refractivity contribution is -0.118. The van der Waals surface area contributed by atoms with Crippen molar-refractivity contribution in [3.8, 4) is 5.75 Å². The number of aromatic nitrogens is 1. The molecule has 4 rings (SSSR count). The van der Waals surface area contributed by atoms with Gasteiger partial charge in [0.1, 0.15) is 18.2 Å². The highest BCUT2D eigenvalue weighted by Gasteiger charge is 2.18. The molecule has 0 saturated heterocycles. The molecule has 1 N–H and O–H groups in total. The highest BCUT2D eigenvalue weighted by Crippen LogP contribution is 2.27. The fraction of sp³-hybridized carbons (Fsp3) is 0.111. The predicted molar refractivity (Wildman–Crippen MR) is 140 cm³/mol. The topological polar surface area (TPSA) is 85.4 Å². The molecule has 0 aliphatic rings. The molecule has 0 spiro atoms. The van der Waals surface area contributed by atoms with E-state index in [0.29, 0.717) is 44.7 Å². The molecular formula is C27H21Cl2FN2O4S. The molecule has 0 saturated carbocycles. The summed E-state index contributed by atoms with van der Waals surface area (Å²) in [5.74, 6) is -0.673. The van der Waals surface area contributed by atoms with E-state index in [4.69, 9.17) is 27.9 Å². The first kappa shape index (κ1) is 26.6. The maximum absolute atomic E-state index is 14.1. The quantitative estimate of drug-likeness (QED) is 0.283. The molecule has 0 aliphatic heterocycles. The van der Waals surface area contributed by atoms with E-state index in [1.165, 1.54) is 18.2 Å². The average Bonchev–Trinajstić information content (AvgIpc) is 2.85. The molecule has 0 atom stereocenters. The molecule has 0 aliphatic carbocycles. The van der Waals surface area contributed by atoms with E-state index in [1.54, 1.807) is 66.7 Å². The van der Waals surface area contributed by atoms with Gasteiger partial charge in [-0.3, -0.25) is 9.78 Å². The van der Waals surface area contributed by atoms with Crippen molar-refractivity contribution in [2.24, 2.45) is 0 Å². The Hall–Kier alpha value is -3.46. The van der Waals surface area contributed by atoms with Crippen LogP contribution in [0.5, 0.6) is 5.75 Å². The summed E-state index contributed by atoms with van der Waals surface area (Å²) in [6.45, 7) is -0.0127. The fourth-order valence-electron chi connectivity index (χ4n) is 3.55. The van der Waals surface area contributed by atoms with E-state index < -0.39 is 21.7 Å². The van der Waals surface area contributed by atoms with Crippen molar-refractivity contribution in [3.63, 3.8) is 0 Å². The van der Waals surface area contributed by atoms with Gasteiger partial charge < -0.3 is 4.74 Å². The Bertz CT molecular complexity index is 1530. The number of sulfonamides is 1. The van der Waals surface area contributed by atoms with Crippen molar-refractivity contribution in [2.75, 3.05) is 0 Å². The molecule has 1 amide bonds. The number of rotatable bonds is 9. The SMILES string of the molecule is O=C(Cc1cccc(Cc2cc(Cl)ccc2OCc2ccc(Cl)cc2F)n1)NS(=O)(=O)c1ccccc1. The summed E-state index contributed by atoms with van der Waals surface area (Å²) in [7, 11) is -3.98. The third-order valence-electron chi connectivity index (χ3n) is 5.30. The fourth-order valence-corrected chi connectivity index (χ4v) is 4.91. The van der Waals surface area contributed by atoms with Gasteiger partial charge in [-0.05, 0) is 54.6 Å². The molecule has 0 bridgehead atoms. The van der Waals surface area contributed by atoms with Crippen LogP contribution in [0.15, 0.2) is 89.8 Å². The summed E-state index contributed by atoms with van der Waals surface area (Å²) in [5.41, 5.74) is 2.07. The van der Waals surface area contributed by atoms with E-state index in [2.05, 4.69) is 9.71 Å². The Labute approximate surface area is 224 Å². The molecule has 10 heteroatoms. The van der Waals surface area contributed by atoms with Gasteiger partial charge in [-0.15, -0.1) is 0 Å². The molecule has 3 aromatic carbocycles. The summed E-state index contributed by atoms with van der Waals surface area (Å²) in [4.78, 5) is 16.9. The Morgan fingerprint density at radius 1 is 0.865 bits per heavy atom. The minimum atomic E-state index is -3.98. The molecule has 0 unspecified atom stereocenters. The first-order valence-corrected chi connectivity index (χ1v) is 13.3. The van der Waals surface area contributed by atoms with Crippen molar-refractivity contribution >= 4 is 39.1 Å². The summed E-state index contributed by atoms with van der Waals surface area (Å²) < 4.78 is 46.9. The highest BCUT2D eigenvalue weighted by atomic mass is 35.5. The van der Waals surface area contributed by atoms with Gasteiger partial charge in [0, 0.05) is 33.3 Å². The standard InChI is InChI=1S/C27H21Cl2FN2O4S/c28-20-11-12-26(36-17-18-9-10-21(29)15-25(18)30)19(13-20)14-22-5-4-6-23(31-22)16-27(33)32-37(34,35)24-7-2-1-3-8-24/h1-13,15H,14,16-17H2,(H,32,33). The molecule has 37 heavy (non-hydrogen) atoms. The minimum absolute atomic E-state index is 0.00275. The number of hydrogen-bond donors (Lipinski definition) is 1. The van der Waals surface area contributed by atoms with Gasteiger partial charge in [-0.1, -0.05) is 53.5 Å². The Morgan fingerprint density at radius 2 is 1.57 bits per heavy atom. The normalized spacial score (nSPS) is 11.2. The van der Waals surface area contributed by atoms with Crippen LogP contribution in [0.2, 0.25) is 10.0 Å². The molecule has 6 nitrogen and oxygen atoms in total. The maximum atomic E-state index is 14.1. The van der Waals surface area contributed by atoms with Crippen molar-refractivity contribution in [1.29, 1.82) is 0 Å². The molecule has 1 aromatic heterocycles. The van der Waals surface area contributed by atoms with Crippen LogP contribution in [0, 0.1) is 5.82 Å². The molecule has 0 fully saturated rings. The van der Waals surface area contributed by atoms with Gasteiger partial charge >= 0.3 is 0 Å². The van der Waals surface area contributed by atoms with Crippen LogP contribution < -0.4 is 9.46 Å². The van der Waals surface area contributed by atoms with E-state index in [0.717, 1.165) is 0 Å². The van der Waals surface area contributed by atoms with Gasteiger partial charge in [0.15, 0.2) is 0 Å². The number of halogens is 3. The predicted octanol–water partition coefficient (Wildman–Crippen LogP) is 5.74. The summed E-state index contributed by atoms with van der Waals surface area (Å²) >= 11 is 12.0. The second-order valence-electron chi connectivity index (χ2n) is 8.09.